The second-order valence-electron chi connectivity index (χ2n) is 2.25. The summed E-state index contributed by atoms with van der Waals surface area (Å²) in [5, 5.41) is 0. The molecule has 0 aliphatic heterocycles. The third-order valence-electron chi connectivity index (χ3n) is 1.30. The number of hydrogen-bond donors (Lipinski definition) is 0. The van der Waals surface area contributed by atoms with Crippen LogP contribution in [0.5, 0.6) is 0 Å². The van der Waals surface area contributed by atoms with Crippen LogP contribution in [0.25, 0.3) is 0 Å². The Morgan fingerprint density at radius 3 is 2.23 bits per heavy atom. The maximum absolute atomic E-state index is 12.8. The molecule has 1 rings (SSSR count). The van der Waals surface area contributed by atoms with Gasteiger partial charge < -0.3 is 0 Å². The Morgan fingerprint density at radius 1 is 1.23 bits per heavy atom. The first-order chi connectivity index (χ1) is 5.82. The quantitative estimate of drug-likeness (QED) is 0.365. The summed E-state index contributed by atoms with van der Waals surface area (Å²) in [6.07, 6.45) is -4.51. The minimum atomic E-state index is -4.51. The van der Waals surface area contributed by atoms with E-state index in [0.717, 1.165) is 12.1 Å². The molecule has 0 saturated heterocycles. The van der Waals surface area contributed by atoms with Gasteiger partial charge in [0.1, 0.15) is 5.82 Å². The van der Waals surface area contributed by atoms with E-state index < -0.39 is 21.1 Å². The lowest BCUT2D eigenvalue weighted by atomic mass is 10.2. The summed E-state index contributed by atoms with van der Waals surface area (Å²) >= 11 is 4.13. The van der Waals surface area contributed by atoms with Crippen molar-refractivity contribution in [2.24, 2.45) is 0 Å². The van der Waals surface area contributed by atoms with E-state index in [1.54, 1.807) is 0 Å². The van der Waals surface area contributed by atoms with Crippen LogP contribution < -0.4 is 0 Å². The van der Waals surface area contributed by atoms with Crippen molar-refractivity contribution in [1.29, 1.82) is 0 Å². The van der Waals surface area contributed by atoms with Gasteiger partial charge in [-0.05, 0) is 34.7 Å². The Bertz CT molecular complexity index is 334. The van der Waals surface area contributed by atoms with Crippen LogP contribution in [0.4, 0.5) is 17.6 Å². The number of benzene rings is 1. The van der Waals surface area contributed by atoms with Gasteiger partial charge in [-0.2, -0.15) is 13.2 Å². The molecule has 0 aromatic heterocycles. The van der Waals surface area contributed by atoms with Crippen molar-refractivity contribution < 1.29 is 17.6 Å². The van der Waals surface area contributed by atoms with Crippen molar-refractivity contribution in [2.75, 3.05) is 0 Å². The average Bonchev–Trinajstić information content (AvgIpc) is 1.94. The Labute approximate surface area is 93.6 Å². The second kappa shape index (κ2) is 3.72. The summed E-state index contributed by atoms with van der Waals surface area (Å²) in [6.45, 7) is 0. The van der Waals surface area contributed by atoms with Crippen LogP contribution in [0.3, 0.4) is 0 Å². The van der Waals surface area contributed by atoms with Crippen molar-refractivity contribution in [3.8, 4) is 0 Å². The van der Waals surface area contributed by atoms with Gasteiger partial charge >= 0.3 is 6.18 Å². The van der Waals surface area contributed by atoms with Gasteiger partial charge in [-0.15, -0.1) is 0 Å². The summed E-state index contributed by atoms with van der Waals surface area (Å²) in [6, 6.07) is 1.85. The van der Waals surface area contributed by atoms with E-state index in [2.05, 4.69) is 15.9 Å². The zero-order valence-electron chi connectivity index (χ0n) is 5.92. The number of hydrogen-bond acceptors (Lipinski definition) is 0. The first-order valence-corrected chi connectivity index (χ1v) is 4.91. The molecule has 1 aromatic carbocycles. The minimum Gasteiger partial charge on any atom is -0.206 e. The summed E-state index contributed by atoms with van der Waals surface area (Å²) in [7, 11) is 0. The molecule has 0 unspecified atom stereocenters. The van der Waals surface area contributed by atoms with Gasteiger partial charge in [0.25, 0.3) is 0 Å². The van der Waals surface area contributed by atoms with Crippen LogP contribution in [0.1, 0.15) is 5.56 Å². The molecular weight excluding hydrogens is 367 g/mol. The smallest absolute Gasteiger partial charge is 0.206 e. The SMILES string of the molecule is Fc1cc(Br)cc(C(F)(F)F)c1I. The highest BCUT2D eigenvalue weighted by Crippen LogP contribution is 2.35. The normalized spacial score (nSPS) is 11.8. The summed E-state index contributed by atoms with van der Waals surface area (Å²) in [5.74, 6) is -0.873. The standard InChI is InChI=1S/C7H2BrF4I/c8-3-1-4(7(10,11)12)6(13)5(9)2-3/h1-2H. The molecule has 0 aliphatic carbocycles. The lowest BCUT2D eigenvalue weighted by Crippen LogP contribution is -2.08. The van der Waals surface area contributed by atoms with Crippen molar-refractivity contribution in [2.45, 2.75) is 6.18 Å². The molecule has 72 valence electrons. The molecule has 0 heterocycles. The van der Waals surface area contributed by atoms with Gasteiger partial charge in [-0.25, -0.2) is 4.39 Å². The van der Waals surface area contributed by atoms with Gasteiger partial charge in [0, 0.05) is 4.47 Å². The Kier molecular flexibility index (Phi) is 3.21. The largest absolute Gasteiger partial charge is 0.417 e. The van der Waals surface area contributed by atoms with Crippen LogP contribution in [0.15, 0.2) is 16.6 Å². The maximum Gasteiger partial charge on any atom is 0.417 e. The lowest BCUT2D eigenvalue weighted by molar-refractivity contribution is -0.138. The highest BCUT2D eigenvalue weighted by Gasteiger charge is 2.34. The van der Waals surface area contributed by atoms with Crippen molar-refractivity contribution >= 4 is 38.5 Å². The molecule has 0 nitrogen and oxygen atoms in total. The van der Waals surface area contributed by atoms with E-state index in [1.807, 2.05) is 0 Å². The molecule has 0 saturated carbocycles. The molecule has 0 N–H and O–H groups in total. The van der Waals surface area contributed by atoms with Gasteiger partial charge in [0.15, 0.2) is 0 Å². The van der Waals surface area contributed by atoms with Crippen LogP contribution in [-0.4, -0.2) is 0 Å². The summed E-state index contributed by atoms with van der Waals surface area (Å²) in [4.78, 5) is 0. The Hall–Kier alpha value is 0.150. The van der Waals surface area contributed by atoms with Gasteiger partial charge in [-0.3, -0.25) is 0 Å². The highest BCUT2D eigenvalue weighted by molar-refractivity contribution is 14.1. The monoisotopic (exact) mass is 368 g/mol. The number of alkyl halides is 3. The third-order valence-corrected chi connectivity index (χ3v) is 2.85. The van der Waals surface area contributed by atoms with Gasteiger partial charge in [0.05, 0.1) is 9.13 Å². The molecule has 0 amide bonds. The van der Waals surface area contributed by atoms with E-state index in [9.17, 15) is 17.6 Å². The summed E-state index contributed by atoms with van der Waals surface area (Å²) < 4.78 is 49.2. The molecule has 0 radical (unpaired) electrons. The minimum absolute atomic E-state index is 0.0812. The predicted octanol–water partition coefficient (Wildman–Crippen LogP) is 4.21. The van der Waals surface area contributed by atoms with E-state index >= 15 is 0 Å². The number of halogens is 6. The van der Waals surface area contributed by atoms with Crippen molar-refractivity contribution in [3.63, 3.8) is 0 Å². The zero-order chi connectivity index (χ0) is 10.2. The second-order valence-corrected chi connectivity index (χ2v) is 4.24. The molecule has 0 spiro atoms. The van der Waals surface area contributed by atoms with Gasteiger partial charge in [0.2, 0.25) is 0 Å². The first kappa shape index (κ1) is 11.2. The Morgan fingerprint density at radius 2 is 1.77 bits per heavy atom. The van der Waals surface area contributed by atoms with E-state index in [4.69, 9.17) is 0 Å². The molecule has 0 atom stereocenters. The Balaban J connectivity index is 3.37. The molecular formula is C7H2BrF4I. The van der Waals surface area contributed by atoms with Crippen LogP contribution in [-0.2, 0) is 6.18 Å². The van der Waals surface area contributed by atoms with E-state index in [-0.39, 0.29) is 4.47 Å². The summed E-state index contributed by atoms with van der Waals surface area (Å²) in [5.41, 5.74) is -0.958. The molecule has 1 aromatic rings. The molecule has 13 heavy (non-hydrogen) atoms. The fraction of sp³-hybridized carbons (Fsp3) is 0.143. The van der Waals surface area contributed by atoms with E-state index in [1.165, 1.54) is 22.6 Å². The fourth-order valence-electron chi connectivity index (χ4n) is 0.762. The van der Waals surface area contributed by atoms with Gasteiger partial charge in [-0.1, -0.05) is 15.9 Å². The molecule has 6 heteroatoms. The third kappa shape index (κ3) is 2.55. The lowest BCUT2D eigenvalue weighted by Gasteiger charge is -2.09. The first-order valence-electron chi connectivity index (χ1n) is 3.04. The van der Waals surface area contributed by atoms with Crippen molar-refractivity contribution in [1.82, 2.24) is 0 Å². The predicted molar refractivity (Wildman–Crippen MR) is 51.8 cm³/mol. The highest BCUT2D eigenvalue weighted by atomic mass is 127. The fourth-order valence-corrected chi connectivity index (χ4v) is 1.81. The molecule has 0 bridgehead atoms. The van der Waals surface area contributed by atoms with Crippen LogP contribution in [0.2, 0.25) is 0 Å². The molecule has 0 fully saturated rings. The van der Waals surface area contributed by atoms with Crippen LogP contribution in [0, 0.1) is 9.39 Å². The van der Waals surface area contributed by atoms with E-state index in [0.29, 0.717) is 0 Å². The topological polar surface area (TPSA) is 0 Å². The molecule has 0 aliphatic rings. The number of rotatable bonds is 0. The van der Waals surface area contributed by atoms with Crippen molar-refractivity contribution in [3.05, 3.63) is 31.6 Å². The zero-order valence-corrected chi connectivity index (χ0v) is 9.67. The maximum atomic E-state index is 12.8. The average molecular weight is 369 g/mol. The van der Waals surface area contributed by atoms with Crippen LogP contribution >= 0.6 is 38.5 Å².